The zero-order valence-corrected chi connectivity index (χ0v) is 17.2. The fraction of sp³-hybridized carbons (Fsp3) is 0.316. The summed E-state index contributed by atoms with van der Waals surface area (Å²) in [7, 11) is 0. The zero-order chi connectivity index (χ0) is 19.7. The Morgan fingerprint density at radius 2 is 2.21 bits per heavy atom. The highest BCUT2D eigenvalue weighted by Crippen LogP contribution is 2.33. The summed E-state index contributed by atoms with van der Waals surface area (Å²) in [5.41, 5.74) is 0.987. The Morgan fingerprint density at radius 3 is 2.96 bits per heavy atom. The van der Waals surface area contributed by atoms with Crippen LogP contribution < -0.4 is 9.47 Å². The van der Waals surface area contributed by atoms with Crippen molar-refractivity contribution in [3.8, 4) is 22.2 Å². The van der Waals surface area contributed by atoms with Crippen LogP contribution in [0.25, 0.3) is 10.7 Å². The highest BCUT2D eigenvalue weighted by molar-refractivity contribution is 7.71. The fourth-order valence-corrected chi connectivity index (χ4v) is 4.22. The molecule has 3 aromatic rings. The molecule has 1 unspecified atom stereocenters. The molecule has 0 radical (unpaired) electrons. The Bertz CT molecular complexity index is 1040. The van der Waals surface area contributed by atoms with Gasteiger partial charge in [-0.25, -0.2) is 0 Å². The third-order valence-electron chi connectivity index (χ3n) is 4.69. The van der Waals surface area contributed by atoms with Gasteiger partial charge in [0.2, 0.25) is 12.7 Å². The number of carbonyl (C=O) groups is 1. The van der Waals surface area contributed by atoms with Crippen molar-refractivity contribution in [3.63, 3.8) is 0 Å². The van der Waals surface area contributed by atoms with Crippen LogP contribution in [0.3, 0.4) is 0 Å². The van der Waals surface area contributed by atoms with Crippen molar-refractivity contribution in [2.75, 3.05) is 13.3 Å². The Morgan fingerprint density at radius 1 is 1.39 bits per heavy atom. The monoisotopic (exact) mass is 416 g/mol. The van der Waals surface area contributed by atoms with Gasteiger partial charge in [-0.3, -0.25) is 14.5 Å². The lowest BCUT2D eigenvalue weighted by molar-refractivity contribution is -0.134. The summed E-state index contributed by atoms with van der Waals surface area (Å²) in [6, 6.07) is 9.19. The molecule has 0 saturated carbocycles. The quantitative estimate of drug-likeness (QED) is 0.615. The number of rotatable bonds is 6. The molecule has 0 aliphatic carbocycles. The molecule has 1 atom stereocenters. The lowest BCUT2D eigenvalue weighted by atomic mass is 10.1. The highest BCUT2D eigenvalue weighted by atomic mass is 32.1. The average molecular weight is 417 g/mol. The van der Waals surface area contributed by atoms with Gasteiger partial charge in [0.05, 0.1) is 4.88 Å². The van der Waals surface area contributed by atoms with Crippen molar-refractivity contribution < 1.29 is 14.3 Å². The molecule has 1 aromatic carbocycles. The third-order valence-corrected chi connectivity index (χ3v) is 5.85. The summed E-state index contributed by atoms with van der Waals surface area (Å²) in [6.07, 6.45) is 0. The summed E-state index contributed by atoms with van der Waals surface area (Å²) >= 11 is 6.96. The molecule has 1 N–H and O–H groups in total. The summed E-state index contributed by atoms with van der Waals surface area (Å²) < 4.78 is 13.0. The van der Waals surface area contributed by atoms with Gasteiger partial charge in [-0.15, -0.1) is 11.3 Å². The number of thiophene rings is 1. The van der Waals surface area contributed by atoms with Crippen LogP contribution in [0, 0.1) is 4.77 Å². The van der Waals surface area contributed by atoms with E-state index < -0.39 is 6.04 Å². The molecule has 0 fully saturated rings. The number of ether oxygens (including phenoxy) is 2. The lowest BCUT2D eigenvalue weighted by Crippen LogP contribution is -2.36. The molecule has 3 heterocycles. The van der Waals surface area contributed by atoms with Gasteiger partial charge in [-0.2, -0.15) is 5.10 Å². The zero-order valence-electron chi connectivity index (χ0n) is 15.5. The van der Waals surface area contributed by atoms with Crippen LogP contribution in [0.2, 0.25) is 0 Å². The first-order valence-corrected chi connectivity index (χ1v) is 10.3. The van der Waals surface area contributed by atoms with Gasteiger partial charge in [0.1, 0.15) is 6.04 Å². The summed E-state index contributed by atoms with van der Waals surface area (Å²) in [5, 5.41) is 9.12. The van der Waals surface area contributed by atoms with E-state index in [2.05, 4.69) is 10.2 Å². The first-order valence-electron chi connectivity index (χ1n) is 8.96. The summed E-state index contributed by atoms with van der Waals surface area (Å²) in [6.45, 7) is 5.11. The van der Waals surface area contributed by atoms with E-state index in [1.165, 1.54) is 0 Å². The van der Waals surface area contributed by atoms with E-state index in [1.54, 1.807) is 20.8 Å². The smallest absolute Gasteiger partial charge is 0.245 e. The van der Waals surface area contributed by atoms with E-state index in [0.29, 0.717) is 29.4 Å². The molecule has 1 amide bonds. The van der Waals surface area contributed by atoms with Gasteiger partial charge < -0.3 is 14.4 Å². The number of aromatic nitrogens is 3. The number of hydrogen-bond donors (Lipinski definition) is 1. The van der Waals surface area contributed by atoms with Crippen LogP contribution in [0.15, 0.2) is 35.7 Å². The number of H-pyrrole nitrogens is 1. The van der Waals surface area contributed by atoms with Gasteiger partial charge in [-0.1, -0.05) is 12.1 Å². The topological polar surface area (TPSA) is 72.4 Å². The largest absolute Gasteiger partial charge is 0.454 e. The summed E-state index contributed by atoms with van der Waals surface area (Å²) in [4.78, 5) is 16.0. The molecule has 9 heteroatoms. The van der Waals surface area contributed by atoms with Crippen LogP contribution in [-0.4, -0.2) is 38.9 Å². The van der Waals surface area contributed by atoms with Gasteiger partial charge in [0.15, 0.2) is 22.1 Å². The van der Waals surface area contributed by atoms with Gasteiger partial charge >= 0.3 is 0 Å². The molecule has 4 rings (SSSR count). The van der Waals surface area contributed by atoms with Crippen LogP contribution >= 0.6 is 23.6 Å². The number of fused-ring (bicyclic) bond motifs is 1. The SMILES string of the molecule is CCN(Cc1ccc2c(c1)OCO2)C(=O)C(C)n1c(-c2cccs2)n[nH]c1=S. The van der Waals surface area contributed by atoms with Gasteiger partial charge in [0, 0.05) is 13.1 Å². The molecule has 2 aromatic heterocycles. The van der Waals surface area contributed by atoms with E-state index >= 15 is 0 Å². The van der Waals surface area contributed by atoms with Crippen molar-refractivity contribution in [3.05, 3.63) is 46.0 Å². The number of nitrogens with zero attached hydrogens (tertiary/aromatic N) is 3. The minimum absolute atomic E-state index is 0.0181. The highest BCUT2D eigenvalue weighted by Gasteiger charge is 2.25. The average Bonchev–Trinajstić information content (AvgIpc) is 3.44. The second-order valence-electron chi connectivity index (χ2n) is 6.42. The molecule has 0 spiro atoms. The maximum absolute atomic E-state index is 13.2. The maximum Gasteiger partial charge on any atom is 0.245 e. The number of hydrogen-bond acceptors (Lipinski definition) is 6. The van der Waals surface area contributed by atoms with E-state index in [1.807, 2.05) is 49.6 Å². The third kappa shape index (κ3) is 3.43. The van der Waals surface area contributed by atoms with Crippen LogP contribution in [0.5, 0.6) is 11.5 Å². The van der Waals surface area contributed by atoms with Crippen molar-refractivity contribution in [2.45, 2.75) is 26.4 Å². The Balaban J connectivity index is 1.57. The second kappa shape index (κ2) is 7.76. The first-order chi connectivity index (χ1) is 13.6. The minimum Gasteiger partial charge on any atom is -0.454 e. The number of aromatic amines is 1. The molecule has 146 valence electrons. The Kier molecular flexibility index (Phi) is 5.19. The molecular weight excluding hydrogens is 396 g/mol. The van der Waals surface area contributed by atoms with E-state index in [0.717, 1.165) is 16.2 Å². The van der Waals surface area contributed by atoms with E-state index in [9.17, 15) is 4.79 Å². The molecular formula is C19H20N4O3S2. The first kappa shape index (κ1) is 18.7. The van der Waals surface area contributed by atoms with E-state index in [-0.39, 0.29) is 12.7 Å². The predicted molar refractivity (Wildman–Crippen MR) is 109 cm³/mol. The van der Waals surface area contributed by atoms with Gasteiger partial charge in [0.25, 0.3) is 0 Å². The predicted octanol–water partition coefficient (Wildman–Crippen LogP) is 4.01. The summed E-state index contributed by atoms with van der Waals surface area (Å²) in [5.74, 6) is 2.11. The van der Waals surface area contributed by atoms with Crippen LogP contribution in [-0.2, 0) is 11.3 Å². The molecule has 1 aliphatic rings. The molecule has 0 saturated heterocycles. The van der Waals surface area contributed by atoms with Crippen molar-refractivity contribution in [2.24, 2.45) is 0 Å². The number of carbonyl (C=O) groups excluding carboxylic acids is 1. The van der Waals surface area contributed by atoms with Gasteiger partial charge in [-0.05, 0) is 55.2 Å². The lowest BCUT2D eigenvalue weighted by Gasteiger charge is -2.25. The normalized spacial score (nSPS) is 13.5. The second-order valence-corrected chi connectivity index (χ2v) is 7.75. The van der Waals surface area contributed by atoms with E-state index in [4.69, 9.17) is 21.7 Å². The van der Waals surface area contributed by atoms with Crippen molar-refractivity contribution >= 4 is 29.5 Å². The van der Waals surface area contributed by atoms with Crippen molar-refractivity contribution in [1.29, 1.82) is 0 Å². The number of nitrogens with one attached hydrogen (secondary N) is 1. The fourth-order valence-electron chi connectivity index (χ4n) is 3.22. The Labute approximate surface area is 171 Å². The maximum atomic E-state index is 13.2. The Hall–Kier alpha value is -2.65. The molecule has 28 heavy (non-hydrogen) atoms. The van der Waals surface area contributed by atoms with Crippen molar-refractivity contribution in [1.82, 2.24) is 19.7 Å². The van der Waals surface area contributed by atoms with Crippen LogP contribution in [0.4, 0.5) is 0 Å². The molecule has 7 nitrogen and oxygen atoms in total. The minimum atomic E-state index is -0.475. The molecule has 1 aliphatic heterocycles. The number of benzene rings is 1. The molecule has 0 bridgehead atoms. The standard InChI is InChI=1S/C19H20N4O3S2/c1-3-22(10-13-6-7-14-15(9-13)26-11-25-14)18(24)12(2)23-17(20-21-19(23)27)16-5-4-8-28-16/h4-9,12H,3,10-11H2,1-2H3,(H,21,27). The number of amides is 1. The number of likely N-dealkylation sites (N-methyl/N-ethyl adjacent to an activating group) is 1. The van der Waals surface area contributed by atoms with Crippen LogP contribution in [0.1, 0.15) is 25.5 Å².